The number of rotatable bonds is 7. The summed E-state index contributed by atoms with van der Waals surface area (Å²) >= 11 is 12.5. The van der Waals surface area contributed by atoms with Gasteiger partial charge >= 0.3 is 5.97 Å². The lowest BCUT2D eigenvalue weighted by Crippen LogP contribution is -2.29. The third-order valence-electron chi connectivity index (χ3n) is 3.29. The molecular formula is C16H16ClNO3S2. The number of halogens is 1. The summed E-state index contributed by atoms with van der Waals surface area (Å²) in [6, 6.07) is 7.28. The number of unbranched alkanes of at least 4 members (excludes halogenated alkanes) is 2. The molecular weight excluding hydrogens is 354 g/mol. The Kier molecular flexibility index (Phi) is 6.62. The predicted molar refractivity (Wildman–Crippen MR) is 97.4 cm³/mol. The van der Waals surface area contributed by atoms with Gasteiger partial charge in [-0.25, -0.2) is 0 Å². The van der Waals surface area contributed by atoms with E-state index in [1.54, 1.807) is 23.1 Å². The van der Waals surface area contributed by atoms with E-state index in [0.717, 1.165) is 18.4 Å². The van der Waals surface area contributed by atoms with Gasteiger partial charge in [0.25, 0.3) is 5.91 Å². The third-order valence-corrected chi connectivity index (χ3v) is 4.91. The summed E-state index contributed by atoms with van der Waals surface area (Å²) in [5.74, 6) is -0.890. The lowest BCUT2D eigenvalue weighted by Gasteiger charge is -2.13. The lowest BCUT2D eigenvalue weighted by atomic mass is 10.2. The van der Waals surface area contributed by atoms with Crippen LogP contribution in [0.15, 0.2) is 29.2 Å². The average Bonchev–Trinajstić information content (AvgIpc) is 2.74. The van der Waals surface area contributed by atoms with Gasteiger partial charge in [0.15, 0.2) is 0 Å². The number of hydrogen-bond donors (Lipinski definition) is 1. The first-order valence-corrected chi connectivity index (χ1v) is 8.80. The zero-order valence-electron chi connectivity index (χ0n) is 12.3. The van der Waals surface area contributed by atoms with E-state index in [2.05, 4.69) is 0 Å². The van der Waals surface area contributed by atoms with Gasteiger partial charge in [0, 0.05) is 18.0 Å². The molecule has 23 heavy (non-hydrogen) atoms. The summed E-state index contributed by atoms with van der Waals surface area (Å²) < 4.78 is 0.543. The van der Waals surface area contributed by atoms with Gasteiger partial charge in [0.1, 0.15) is 4.32 Å². The minimum Gasteiger partial charge on any atom is -0.481 e. The standard InChI is InChI=1S/C16H16ClNO3S2/c17-12-6-4-5-11(9-12)10-13-15(21)18(16(22)23-13)8-3-1-2-7-14(19)20/h4-6,9-10H,1-3,7-8H2,(H,19,20)/b13-10-. The number of thioether (sulfide) groups is 1. The quantitative estimate of drug-likeness (QED) is 0.443. The van der Waals surface area contributed by atoms with Crippen LogP contribution >= 0.6 is 35.6 Å². The molecule has 1 heterocycles. The van der Waals surface area contributed by atoms with Crippen LogP contribution in [0.5, 0.6) is 0 Å². The second-order valence-electron chi connectivity index (χ2n) is 5.09. The molecule has 0 unspecified atom stereocenters. The molecule has 0 spiro atoms. The SMILES string of the molecule is O=C(O)CCCCCN1C(=O)/C(=C/c2cccc(Cl)c2)SC1=S. The van der Waals surface area contributed by atoms with Crippen LogP contribution in [-0.4, -0.2) is 32.7 Å². The number of amides is 1. The first-order valence-electron chi connectivity index (χ1n) is 7.20. The Morgan fingerprint density at radius 3 is 2.83 bits per heavy atom. The van der Waals surface area contributed by atoms with Crippen LogP contribution in [0.3, 0.4) is 0 Å². The van der Waals surface area contributed by atoms with Crippen LogP contribution in [0.1, 0.15) is 31.2 Å². The number of hydrogen-bond acceptors (Lipinski definition) is 4. The molecule has 0 bridgehead atoms. The van der Waals surface area contributed by atoms with Crippen molar-refractivity contribution in [1.82, 2.24) is 4.90 Å². The number of thiocarbonyl (C=S) groups is 1. The monoisotopic (exact) mass is 369 g/mol. The maximum atomic E-state index is 12.4. The van der Waals surface area contributed by atoms with Crippen molar-refractivity contribution >= 4 is 57.9 Å². The number of carboxylic acid groups (broad SMARTS) is 1. The second kappa shape index (κ2) is 8.47. The van der Waals surface area contributed by atoms with Gasteiger partial charge in [-0.3, -0.25) is 14.5 Å². The van der Waals surface area contributed by atoms with E-state index in [1.807, 2.05) is 12.1 Å². The van der Waals surface area contributed by atoms with Gasteiger partial charge in [-0.05, 0) is 36.6 Å². The first kappa shape index (κ1) is 18.0. The van der Waals surface area contributed by atoms with Crippen molar-refractivity contribution in [2.75, 3.05) is 6.54 Å². The van der Waals surface area contributed by atoms with Gasteiger partial charge in [0.2, 0.25) is 0 Å². The van der Waals surface area contributed by atoms with Crippen LogP contribution < -0.4 is 0 Å². The van der Waals surface area contributed by atoms with Gasteiger partial charge in [-0.1, -0.05) is 54.1 Å². The lowest BCUT2D eigenvalue weighted by molar-refractivity contribution is -0.137. The number of nitrogens with zero attached hydrogens (tertiary/aromatic N) is 1. The molecule has 1 amide bonds. The van der Waals surface area contributed by atoms with Crippen LogP contribution in [0.2, 0.25) is 5.02 Å². The van der Waals surface area contributed by atoms with E-state index < -0.39 is 5.97 Å². The molecule has 122 valence electrons. The number of benzene rings is 1. The van der Waals surface area contributed by atoms with Crippen LogP contribution in [0.25, 0.3) is 6.08 Å². The molecule has 0 aromatic heterocycles. The highest BCUT2D eigenvalue weighted by Gasteiger charge is 2.31. The van der Waals surface area contributed by atoms with E-state index in [-0.39, 0.29) is 12.3 Å². The predicted octanol–water partition coefficient (Wildman–Crippen LogP) is 4.19. The molecule has 0 radical (unpaired) electrons. The average molecular weight is 370 g/mol. The van der Waals surface area contributed by atoms with Crippen molar-refractivity contribution in [2.45, 2.75) is 25.7 Å². The fraction of sp³-hybridized carbons (Fsp3) is 0.312. The Balaban J connectivity index is 1.93. The van der Waals surface area contributed by atoms with E-state index in [1.165, 1.54) is 11.8 Å². The highest BCUT2D eigenvalue weighted by molar-refractivity contribution is 8.26. The summed E-state index contributed by atoms with van der Waals surface area (Å²) in [7, 11) is 0. The van der Waals surface area contributed by atoms with Crippen molar-refractivity contribution in [3.63, 3.8) is 0 Å². The molecule has 0 aliphatic carbocycles. The fourth-order valence-electron chi connectivity index (χ4n) is 2.16. The maximum absolute atomic E-state index is 12.4. The van der Waals surface area contributed by atoms with Crippen molar-refractivity contribution in [2.24, 2.45) is 0 Å². The summed E-state index contributed by atoms with van der Waals surface area (Å²) in [6.07, 6.45) is 4.06. The fourth-order valence-corrected chi connectivity index (χ4v) is 3.67. The minimum atomic E-state index is -0.792. The molecule has 1 aromatic rings. The Labute approximate surface area is 149 Å². The smallest absolute Gasteiger partial charge is 0.303 e. The van der Waals surface area contributed by atoms with Gasteiger partial charge in [-0.2, -0.15) is 0 Å². The van der Waals surface area contributed by atoms with E-state index in [4.69, 9.17) is 28.9 Å². The molecule has 1 saturated heterocycles. The highest BCUT2D eigenvalue weighted by atomic mass is 35.5. The molecule has 1 aliphatic heterocycles. The third kappa shape index (κ3) is 5.34. The molecule has 1 fully saturated rings. The van der Waals surface area contributed by atoms with E-state index >= 15 is 0 Å². The number of carbonyl (C=O) groups excluding carboxylic acids is 1. The maximum Gasteiger partial charge on any atom is 0.303 e. The number of carbonyl (C=O) groups is 2. The Morgan fingerprint density at radius 1 is 1.35 bits per heavy atom. The molecule has 1 N–H and O–H groups in total. The minimum absolute atomic E-state index is 0.0989. The largest absolute Gasteiger partial charge is 0.481 e. The second-order valence-corrected chi connectivity index (χ2v) is 7.20. The Morgan fingerprint density at radius 2 is 2.13 bits per heavy atom. The topological polar surface area (TPSA) is 57.6 Å². The summed E-state index contributed by atoms with van der Waals surface area (Å²) in [5.41, 5.74) is 0.861. The van der Waals surface area contributed by atoms with Crippen molar-refractivity contribution in [3.8, 4) is 0 Å². The van der Waals surface area contributed by atoms with E-state index in [0.29, 0.717) is 27.2 Å². The Hall–Kier alpha value is -1.37. The molecule has 1 aromatic carbocycles. The molecule has 0 atom stereocenters. The molecule has 7 heteroatoms. The van der Waals surface area contributed by atoms with Gasteiger partial charge < -0.3 is 5.11 Å². The number of aliphatic carboxylic acids is 1. The molecule has 2 rings (SSSR count). The zero-order valence-corrected chi connectivity index (χ0v) is 14.7. The van der Waals surface area contributed by atoms with Crippen molar-refractivity contribution in [3.05, 3.63) is 39.8 Å². The van der Waals surface area contributed by atoms with Crippen molar-refractivity contribution < 1.29 is 14.7 Å². The normalized spacial score (nSPS) is 16.4. The van der Waals surface area contributed by atoms with Crippen LogP contribution in [0, 0.1) is 0 Å². The van der Waals surface area contributed by atoms with Crippen LogP contribution in [-0.2, 0) is 9.59 Å². The van der Waals surface area contributed by atoms with Crippen molar-refractivity contribution in [1.29, 1.82) is 0 Å². The zero-order chi connectivity index (χ0) is 16.8. The van der Waals surface area contributed by atoms with Gasteiger partial charge in [0.05, 0.1) is 4.91 Å². The summed E-state index contributed by atoms with van der Waals surface area (Å²) in [6.45, 7) is 0.525. The van der Waals surface area contributed by atoms with Gasteiger partial charge in [-0.15, -0.1) is 0 Å². The van der Waals surface area contributed by atoms with Crippen LogP contribution in [0.4, 0.5) is 0 Å². The molecule has 4 nitrogen and oxygen atoms in total. The highest BCUT2D eigenvalue weighted by Crippen LogP contribution is 2.33. The molecule has 1 aliphatic rings. The summed E-state index contributed by atoms with van der Waals surface area (Å²) in [5, 5.41) is 9.22. The first-order chi connectivity index (χ1) is 11.0. The van der Waals surface area contributed by atoms with E-state index in [9.17, 15) is 9.59 Å². The summed E-state index contributed by atoms with van der Waals surface area (Å²) in [4.78, 5) is 25.0. The Bertz CT molecular complexity index is 660. The number of carboxylic acids is 1. The molecule has 0 saturated carbocycles.